The van der Waals surface area contributed by atoms with Gasteiger partial charge in [0.1, 0.15) is 0 Å². The summed E-state index contributed by atoms with van der Waals surface area (Å²) in [7, 11) is 0. The lowest BCUT2D eigenvalue weighted by Crippen LogP contribution is -2.40. The van der Waals surface area contributed by atoms with Crippen LogP contribution < -0.4 is 5.73 Å². The molecule has 0 bridgehead atoms. The minimum atomic E-state index is 0.547. The van der Waals surface area contributed by atoms with Crippen LogP contribution in [0.2, 0.25) is 0 Å². The number of hydrogen-bond acceptors (Lipinski definition) is 4. The number of likely N-dealkylation sites (tertiary alicyclic amines) is 1. The van der Waals surface area contributed by atoms with Crippen LogP contribution in [-0.2, 0) is 13.0 Å². The monoisotopic (exact) mass is 273 g/mol. The van der Waals surface area contributed by atoms with E-state index in [-0.39, 0.29) is 0 Å². The number of aromatic nitrogens is 3. The Kier molecular flexibility index (Phi) is 3.98. The number of likely N-dealkylation sites (N-methyl/N-ethyl adjacent to an activating group) is 1. The van der Waals surface area contributed by atoms with Crippen molar-refractivity contribution < 1.29 is 0 Å². The first-order valence-corrected chi connectivity index (χ1v) is 7.58. The third-order valence-electron chi connectivity index (χ3n) is 4.25. The van der Waals surface area contributed by atoms with E-state index in [0.717, 1.165) is 30.0 Å². The number of piperidine rings is 1. The largest absolute Gasteiger partial charge is 0.326 e. The Hall–Kier alpha value is -1.46. The number of hydrogen-bond donors (Lipinski definition) is 1. The van der Waals surface area contributed by atoms with Gasteiger partial charge in [0.05, 0.1) is 0 Å². The minimum Gasteiger partial charge on any atom is -0.326 e. The number of fused-ring (bicyclic) bond motifs is 1. The van der Waals surface area contributed by atoms with Crippen molar-refractivity contribution in [3.8, 4) is 0 Å². The molecule has 1 saturated heterocycles. The standard InChI is InChI=1S/C15H23N5/c1-2-19-7-4-3-5-13(19)10-14-17-15-9-12(11-16)6-8-20(15)18-14/h6,8-9,13H,2-5,7,10-11,16H2,1H3. The summed E-state index contributed by atoms with van der Waals surface area (Å²) >= 11 is 0. The summed E-state index contributed by atoms with van der Waals surface area (Å²) in [6.07, 6.45) is 6.81. The first kappa shape index (κ1) is 13.5. The van der Waals surface area contributed by atoms with Gasteiger partial charge in [-0.05, 0) is 43.6 Å². The van der Waals surface area contributed by atoms with Gasteiger partial charge in [-0.15, -0.1) is 0 Å². The zero-order valence-corrected chi connectivity index (χ0v) is 12.1. The number of nitrogens with zero attached hydrogens (tertiary/aromatic N) is 4. The molecule has 5 heteroatoms. The highest BCUT2D eigenvalue weighted by molar-refractivity contribution is 5.40. The minimum absolute atomic E-state index is 0.547. The average Bonchev–Trinajstić information content (AvgIpc) is 2.89. The first-order chi connectivity index (χ1) is 9.80. The zero-order valence-electron chi connectivity index (χ0n) is 12.1. The third kappa shape index (κ3) is 2.69. The Morgan fingerprint density at radius 3 is 3.10 bits per heavy atom. The number of rotatable bonds is 4. The molecule has 0 saturated carbocycles. The summed E-state index contributed by atoms with van der Waals surface area (Å²) in [5, 5.41) is 4.59. The van der Waals surface area contributed by atoms with Crippen molar-refractivity contribution in [3.05, 3.63) is 29.7 Å². The van der Waals surface area contributed by atoms with Crippen molar-refractivity contribution in [3.63, 3.8) is 0 Å². The van der Waals surface area contributed by atoms with Gasteiger partial charge in [0.15, 0.2) is 11.5 Å². The van der Waals surface area contributed by atoms with Gasteiger partial charge in [-0.2, -0.15) is 5.10 Å². The SMILES string of the molecule is CCN1CCCCC1Cc1nc2cc(CN)ccn2n1. The van der Waals surface area contributed by atoms with Gasteiger partial charge in [0, 0.05) is 25.2 Å². The second kappa shape index (κ2) is 5.89. The Labute approximate surface area is 119 Å². The topological polar surface area (TPSA) is 59.5 Å². The fourth-order valence-corrected chi connectivity index (χ4v) is 3.10. The molecule has 5 nitrogen and oxygen atoms in total. The molecule has 2 aromatic heterocycles. The van der Waals surface area contributed by atoms with E-state index in [0.29, 0.717) is 12.6 Å². The fourth-order valence-electron chi connectivity index (χ4n) is 3.10. The van der Waals surface area contributed by atoms with Gasteiger partial charge in [-0.1, -0.05) is 13.3 Å². The van der Waals surface area contributed by atoms with E-state index < -0.39 is 0 Å². The van der Waals surface area contributed by atoms with Crippen LogP contribution in [0, 0.1) is 0 Å². The van der Waals surface area contributed by atoms with Crippen LogP contribution in [0.25, 0.3) is 5.65 Å². The zero-order chi connectivity index (χ0) is 13.9. The normalized spacial score (nSPS) is 20.6. The molecule has 1 aliphatic heterocycles. The molecule has 1 aliphatic rings. The predicted molar refractivity (Wildman–Crippen MR) is 79.5 cm³/mol. The summed E-state index contributed by atoms with van der Waals surface area (Å²) < 4.78 is 1.85. The fraction of sp³-hybridized carbons (Fsp3) is 0.600. The van der Waals surface area contributed by atoms with E-state index >= 15 is 0 Å². The van der Waals surface area contributed by atoms with Crippen LogP contribution >= 0.6 is 0 Å². The van der Waals surface area contributed by atoms with Crippen LogP contribution in [-0.4, -0.2) is 38.6 Å². The molecule has 0 aromatic carbocycles. The lowest BCUT2D eigenvalue weighted by atomic mass is 9.99. The van der Waals surface area contributed by atoms with Gasteiger partial charge in [0.25, 0.3) is 0 Å². The van der Waals surface area contributed by atoms with Gasteiger partial charge in [-0.3, -0.25) is 0 Å². The summed E-state index contributed by atoms with van der Waals surface area (Å²) in [5.74, 6) is 0.949. The van der Waals surface area contributed by atoms with E-state index in [9.17, 15) is 0 Å². The molecule has 1 fully saturated rings. The summed E-state index contributed by atoms with van der Waals surface area (Å²) in [5.41, 5.74) is 7.67. The molecule has 1 unspecified atom stereocenters. The molecule has 3 rings (SSSR count). The molecule has 2 N–H and O–H groups in total. The van der Waals surface area contributed by atoms with Crippen molar-refractivity contribution in [2.75, 3.05) is 13.1 Å². The molecule has 20 heavy (non-hydrogen) atoms. The molecule has 108 valence electrons. The summed E-state index contributed by atoms with van der Waals surface area (Å²) in [6.45, 7) is 5.12. The molecule has 0 amide bonds. The maximum Gasteiger partial charge on any atom is 0.155 e. The van der Waals surface area contributed by atoms with Crippen molar-refractivity contribution >= 4 is 5.65 Å². The number of pyridine rings is 1. The second-order valence-electron chi connectivity index (χ2n) is 5.55. The van der Waals surface area contributed by atoms with E-state index in [4.69, 9.17) is 5.73 Å². The van der Waals surface area contributed by atoms with E-state index in [1.165, 1.54) is 25.8 Å². The van der Waals surface area contributed by atoms with Crippen molar-refractivity contribution in [1.82, 2.24) is 19.5 Å². The Morgan fingerprint density at radius 1 is 1.40 bits per heavy atom. The quantitative estimate of drug-likeness (QED) is 0.919. The molecule has 2 aromatic rings. The van der Waals surface area contributed by atoms with Crippen LogP contribution in [0.3, 0.4) is 0 Å². The number of nitrogens with two attached hydrogens (primary N) is 1. The molecule has 0 aliphatic carbocycles. The van der Waals surface area contributed by atoms with Crippen LogP contribution in [0.5, 0.6) is 0 Å². The molecule has 0 spiro atoms. The molecule has 0 radical (unpaired) electrons. The summed E-state index contributed by atoms with van der Waals surface area (Å²) in [6, 6.07) is 4.62. The van der Waals surface area contributed by atoms with Gasteiger partial charge < -0.3 is 10.6 Å². The smallest absolute Gasteiger partial charge is 0.155 e. The Bertz CT molecular complexity index is 577. The average molecular weight is 273 g/mol. The molecular formula is C15H23N5. The van der Waals surface area contributed by atoms with Crippen LogP contribution in [0.15, 0.2) is 18.3 Å². The molecule has 1 atom stereocenters. The van der Waals surface area contributed by atoms with E-state index in [1.807, 2.05) is 22.8 Å². The molecule has 3 heterocycles. The lowest BCUT2D eigenvalue weighted by molar-refractivity contribution is 0.154. The molecular weight excluding hydrogens is 250 g/mol. The third-order valence-corrected chi connectivity index (χ3v) is 4.25. The van der Waals surface area contributed by atoms with E-state index in [2.05, 4.69) is 21.9 Å². The van der Waals surface area contributed by atoms with Gasteiger partial charge in [0.2, 0.25) is 0 Å². The summed E-state index contributed by atoms with van der Waals surface area (Å²) in [4.78, 5) is 7.21. The lowest BCUT2D eigenvalue weighted by Gasteiger charge is -2.34. The first-order valence-electron chi connectivity index (χ1n) is 7.58. The highest BCUT2D eigenvalue weighted by Crippen LogP contribution is 2.19. The van der Waals surface area contributed by atoms with Crippen LogP contribution in [0.1, 0.15) is 37.6 Å². The van der Waals surface area contributed by atoms with Crippen LogP contribution in [0.4, 0.5) is 0 Å². The predicted octanol–water partition coefficient (Wildman–Crippen LogP) is 1.60. The maximum atomic E-state index is 5.67. The van der Waals surface area contributed by atoms with Crippen molar-refractivity contribution in [1.29, 1.82) is 0 Å². The maximum absolute atomic E-state index is 5.67. The van der Waals surface area contributed by atoms with E-state index in [1.54, 1.807) is 0 Å². The second-order valence-corrected chi connectivity index (χ2v) is 5.55. The Morgan fingerprint density at radius 2 is 2.30 bits per heavy atom. The highest BCUT2D eigenvalue weighted by Gasteiger charge is 2.22. The van der Waals surface area contributed by atoms with Gasteiger partial charge >= 0.3 is 0 Å². The van der Waals surface area contributed by atoms with Crippen molar-refractivity contribution in [2.45, 2.75) is 45.2 Å². The Balaban J connectivity index is 1.79. The highest BCUT2D eigenvalue weighted by atomic mass is 15.3. The van der Waals surface area contributed by atoms with Crippen molar-refractivity contribution in [2.24, 2.45) is 5.73 Å². The van der Waals surface area contributed by atoms with Gasteiger partial charge in [-0.25, -0.2) is 9.50 Å².